The van der Waals surface area contributed by atoms with Crippen molar-refractivity contribution in [2.45, 2.75) is 19.3 Å². The van der Waals surface area contributed by atoms with Crippen molar-refractivity contribution < 1.29 is 0 Å². The molecule has 0 amide bonds. The Kier molecular flexibility index (Phi) is 7.18. The molecule has 274 valence electrons. The number of benzene rings is 9. The molecule has 0 spiro atoms. The van der Waals surface area contributed by atoms with Gasteiger partial charge < -0.3 is 9.47 Å². The Balaban J connectivity index is 1.05. The van der Waals surface area contributed by atoms with Gasteiger partial charge in [0.1, 0.15) is 0 Å². The third-order valence-corrected chi connectivity index (χ3v) is 13.7. The highest BCUT2D eigenvalue weighted by molar-refractivity contribution is 7.26. The highest BCUT2D eigenvalue weighted by Crippen LogP contribution is 2.57. The van der Waals surface area contributed by atoms with Crippen LogP contribution in [0, 0.1) is 0 Å². The van der Waals surface area contributed by atoms with Gasteiger partial charge in [0.05, 0.1) is 11.0 Å². The molecular formula is C55H38N2S. The van der Waals surface area contributed by atoms with Crippen molar-refractivity contribution >= 4 is 81.1 Å². The number of hydrogen-bond donors (Lipinski definition) is 0. The molecule has 2 heterocycles. The summed E-state index contributed by atoms with van der Waals surface area (Å²) in [7, 11) is 0. The standard InChI is InChI=1S/C55H38N2S/c1-55(2)47-34-39(56(36-16-5-3-6-17-36)38-30-28-35(29-31-38)40-24-15-25-44-41-20-12-14-27-49(41)58-54(40)44)32-33-45(47)50-42-21-9-10-22-43(42)51-46-23-11-13-26-48(46)57(53(51)52(50)55)37-18-7-4-8-19-37/h3-34H,1-2H3. The second kappa shape index (κ2) is 12.5. The fraction of sp³-hybridized carbons (Fsp3) is 0.0545. The monoisotopic (exact) mass is 758 g/mol. The summed E-state index contributed by atoms with van der Waals surface area (Å²) in [4.78, 5) is 2.41. The third-order valence-electron chi connectivity index (χ3n) is 12.5. The van der Waals surface area contributed by atoms with Gasteiger partial charge in [-0.25, -0.2) is 0 Å². The van der Waals surface area contributed by atoms with E-state index in [-0.39, 0.29) is 5.41 Å². The lowest BCUT2D eigenvalue weighted by Crippen LogP contribution is -2.18. The van der Waals surface area contributed by atoms with Crippen LogP contribution in [0.4, 0.5) is 17.1 Å². The number of hydrogen-bond acceptors (Lipinski definition) is 2. The van der Waals surface area contributed by atoms with Crippen molar-refractivity contribution in [3.05, 3.63) is 205 Å². The first-order valence-corrected chi connectivity index (χ1v) is 20.9. The van der Waals surface area contributed by atoms with Gasteiger partial charge in [0.25, 0.3) is 0 Å². The number of thiophene rings is 1. The molecule has 0 saturated carbocycles. The van der Waals surface area contributed by atoms with E-state index in [1.54, 1.807) is 0 Å². The molecule has 9 aromatic carbocycles. The van der Waals surface area contributed by atoms with Gasteiger partial charge in [-0.15, -0.1) is 11.3 Å². The minimum Gasteiger partial charge on any atom is -0.310 e. The summed E-state index contributed by atoms with van der Waals surface area (Å²) in [6, 6.07) is 71.5. The molecular weight excluding hydrogens is 721 g/mol. The van der Waals surface area contributed by atoms with Crippen molar-refractivity contribution in [1.82, 2.24) is 4.57 Å². The van der Waals surface area contributed by atoms with Crippen LogP contribution in [0.2, 0.25) is 0 Å². The minimum absolute atomic E-state index is 0.293. The molecule has 0 bridgehead atoms. The number of rotatable bonds is 5. The van der Waals surface area contributed by atoms with Crippen LogP contribution in [0.15, 0.2) is 194 Å². The van der Waals surface area contributed by atoms with Crippen LogP contribution in [0.1, 0.15) is 25.0 Å². The highest BCUT2D eigenvalue weighted by Gasteiger charge is 2.41. The summed E-state index contributed by atoms with van der Waals surface area (Å²) in [5.74, 6) is 0. The average molecular weight is 759 g/mol. The molecule has 2 nitrogen and oxygen atoms in total. The maximum atomic E-state index is 2.52. The number of fused-ring (bicyclic) bond motifs is 13. The molecule has 1 aliphatic carbocycles. The number of anilines is 3. The molecule has 1 aliphatic rings. The molecule has 0 N–H and O–H groups in total. The van der Waals surface area contributed by atoms with Crippen molar-refractivity contribution in [2.24, 2.45) is 0 Å². The van der Waals surface area contributed by atoms with E-state index in [1.165, 1.54) is 91.8 Å². The van der Waals surface area contributed by atoms with E-state index in [1.807, 2.05) is 11.3 Å². The lowest BCUT2D eigenvalue weighted by molar-refractivity contribution is 0.664. The van der Waals surface area contributed by atoms with Crippen LogP contribution in [-0.4, -0.2) is 4.57 Å². The Labute approximate surface area is 341 Å². The Morgan fingerprint density at radius 2 is 1.10 bits per heavy atom. The predicted octanol–water partition coefficient (Wildman–Crippen LogP) is 15.7. The lowest BCUT2D eigenvalue weighted by atomic mass is 9.80. The van der Waals surface area contributed by atoms with Crippen LogP contribution >= 0.6 is 11.3 Å². The lowest BCUT2D eigenvalue weighted by Gasteiger charge is -2.28. The van der Waals surface area contributed by atoms with Gasteiger partial charge in [-0.2, -0.15) is 0 Å². The van der Waals surface area contributed by atoms with Gasteiger partial charge in [-0.05, 0) is 105 Å². The Morgan fingerprint density at radius 1 is 0.483 bits per heavy atom. The smallest absolute Gasteiger partial charge is 0.0594 e. The molecule has 58 heavy (non-hydrogen) atoms. The van der Waals surface area contributed by atoms with Crippen LogP contribution < -0.4 is 4.90 Å². The average Bonchev–Trinajstić information content (AvgIpc) is 3.90. The first kappa shape index (κ1) is 33.2. The first-order valence-electron chi connectivity index (χ1n) is 20.1. The van der Waals surface area contributed by atoms with Crippen LogP contribution in [-0.2, 0) is 5.41 Å². The topological polar surface area (TPSA) is 8.17 Å². The molecule has 3 heteroatoms. The van der Waals surface area contributed by atoms with Gasteiger partial charge in [0.2, 0.25) is 0 Å². The Hall–Kier alpha value is -6.94. The molecule has 0 unspecified atom stereocenters. The molecule has 0 aliphatic heterocycles. The molecule has 11 aromatic rings. The SMILES string of the molecule is CC1(C)c2cc(N(c3ccccc3)c3ccc(-c4cccc5c4sc4ccccc45)cc3)ccc2-c2c1c1c(c3ccccc23)c2ccccc2n1-c1ccccc1. The Bertz CT molecular complexity index is 3410. The third kappa shape index (κ3) is 4.71. The largest absolute Gasteiger partial charge is 0.310 e. The molecule has 2 aromatic heterocycles. The maximum Gasteiger partial charge on any atom is 0.0594 e. The van der Waals surface area contributed by atoms with Crippen LogP contribution in [0.25, 0.3) is 80.7 Å². The fourth-order valence-corrected chi connectivity index (χ4v) is 11.2. The van der Waals surface area contributed by atoms with Crippen molar-refractivity contribution in [2.75, 3.05) is 4.90 Å². The summed E-state index contributed by atoms with van der Waals surface area (Å²) >= 11 is 1.88. The second-order valence-corrected chi connectivity index (χ2v) is 17.1. The zero-order valence-corrected chi connectivity index (χ0v) is 33.1. The second-order valence-electron chi connectivity index (χ2n) is 16.1. The maximum absolute atomic E-state index is 2.52. The minimum atomic E-state index is -0.293. The van der Waals surface area contributed by atoms with E-state index in [4.69, 9.17) is 0 Å². The molecule has 12 rings (SSSR count). The summed E-state index contributed by atoms with van der Waals surface area (Å²) in [6.07, 6.45) is 0. The highest BCUT2D eigenvalue weighted by atomic mass is 32.1. The van der Waals surface area contributed by atoms with Gasteiger partial charge in [0, 0.05) is 59.1 Å². The Morgan fingerprint density at radius 3 is 1.90 bits per heavy atom. The van der Waals surface area contributed by atoms with Gasteiger partial charge in [0.15, 0.2) is 0 Å². The predicted molar refractivity (Wildman–Crippen MR) is 249 cm³/mol. The van der Waals surface area contributed by atoms with Gasteiger partial charge in [-0.1, -0.05) is 147 Å². The van der Waals surface area contributed by atoms with Gasteiger partial charge >= 0.3 is 0 Å². The molecule has 0 radical (unpaired) electrons. The van der Waals surface area contributed by atoms with E-state index in [9.17, 15) is 0 Å². The van der Waals surface area contributed by atoms with E-state index in [0.29, 0.717) is 0 Å². The summed E-state index contributed by atoms with van der Waals surface area (Å²) in [6.45, 7) is 4.86. The summed E-state index contributed by atoms with van der Waals surface area (Å²) < 4.78 is 5.18. The normalized spacial score (nSPS) is 13.1. The molecule has 0 fully saturated rings. The first-order chi connectivity index (χ1) is 28.6. The quantitative estimate of drug-likeness (QED) is 0.170. The van der Waals surface area contributed by atoms with Crippen LogP contribution in [0.5, 0.6) is 0 Å². The number of nitrogens with zero attached hydrogens (tertiary/aromatic N) is 2. The van der Waals surface area contributed by atoms with E-state index in [0.717, 1.165) is 17.1 Å². The van der Waals surface area contributed by atoms with Gasteiger partial charge in [-0.3, -0.25) is 0 Å². The van der Waals surface area contributed by atoms with E-state index in [2.05, 4.69) is 217 Å². The van der Waals surface area contributed by atoms with E-state index < -0.39 is 0 Å². The van der Waals surface area contributed by atoms with Crippen molar-refractivity contribution in [1.29, 1.82) is 0 Å². The number of aromatic nitrogens is 1. The summed E-state index contributed by atoms with van der Waals surface area (Å²) in [5.41, 5.74) is 14.7. The van der Waals surface area contributed by atoms with E-state index >= 15 is 0 Å². The molecule has 0 saturated heterocycles. The zero-order chi connectivity index (χ0) is 38.5. The van der Waals surface area contributed by atoms with Crippen LogP contribution in [0.3, 0.4) is 0 Å². The zero-order valence-electron chi connectivity index (χ0n) is 32.3. The van der Waals surface area contributed by atoms with Crippen molar-refractivity contribution in [3.63, 3.8) is 0 Å². The molecule has 0 atom stereocenters. The van der Waals surface area contributed by atoms with Crippen molar-refractivity contribution in [3.8, 4) is 27.9 Å². The fourth-order valence-electron chi connectivity index (χ4n) is 9.98. The number of para-hydroxylation sites is 3. The summed E-state index contributed by atoms with van der Waals surface area (Å²) in [5, 5.41) is 7.87.